The van der Waals surface area contributed by atoms with Crippen LogP contribution in [0.5, 0.6) is 0 Å². The van der Waals surface area contributed by atoms with E-state index in [1.165, 1.54) is 11.3 Å². The number of benzene rings is 1. The molecule has 0 fully saturated rings. The van der Waals surface area contributed by atoms with E-state index in [1.54, 1.807) is 30.6 Å². The number of carbonyl (C=O) groups excluding carboxylic acids is 2. The molecule has 0 saturated carbocycles. The fourth-order valence-corrected chi connectivity index (χ4v) is 3.25. The largest absolute Gasteiger partial charge is 0.347 e. The van der Waals surface area contributed by atoms with Crippen molar-refractivity contribution < 1.29 is 9.59 Å². The molecule has 120 valence electrons. The molecule has 1 N–H and O–H groups in total. The fourth-order valence-electron chi connectivity index (χ4n) is 2.26. The topological polar surface area (TPSA) is 72.0 Å². The van der Waals surface area contributed by atoms with Crippen molar-refractivity contribution in [2.75, 3.05) is 0 Å². The van der Waals surface area contributed by atoms with Crippen molar-refractivity contribution in [1.29, 1.82) is 0 Å². The first-order chi connectivity index (χ1) is 11.7. The molecule has 3 rings (SSSR count). The summed E-state index contributed by atoms with van der Waals surface area (Å²) in [5.74, 6) is -0.165. The molecule has 0 aliphatic carbocycles. The van der Waals surface area contributed by atoms with E-state index in [1.807, 2.05) is 25.1 Å². The number of aldehydes is 1. The number of thiazole rings is 1. The van der Waals surface area contributed by atoms with E-state index in [4.69, 9.17) is 0 Å². The molecule has 0 spiro atoms. The number of hydrogen-bond acceptors (Lipinski definition) is 5. The van der Waals surface area contributed by atoms with Crippen molar-refractivity contribution >= 4 is 23.5 Å². The van der Waals surface area contributed by atoms with Gasteiger partial charge in [-0.25, -0.2) is 4.98 Å². The summed E-state index contributed by atoms with van der Waals surface area (Å²) in [6.07, 6.45) is 4.19. The lowest BCUT2D eigenvalue weighted by atomic mass is 10.1. The molecule has 0 unspecified atom stereocenters. The Morgan fingerprint density at radius 2 is 2.04 bits per heavy atom. The molecule has 24 heavy (non-hydrogen) atoms. The van der Waals surface area contributed by atoms with E-state index in [2.05, 4.69) is 15.3 Å². The molecular weight excluding hydrogens is 322 g/mol. The molecule has 2 aromatic heterocycles. The summed E-state index contributed by atoms with van der Waals surface area (Å²) in [7, 11) is 0. The van der Waals surface area contributed by atoms with Crippen molar-refractivity contribution in [3.8, 4) is 10.6 Å². The van der Waals surface area contributed by atoms with Gasteiger partial charge in [0.2, 0.25) is 0 Å². The van der Waals surface area contributed by atoms with Gasteiger partial charge in [0.25, 0.3) is 5.91 Å². The van der Waals surface area contributed by atoms with E-state index >= 15 is 0 Å². The maximum atomic E-state index is 12.4. The SMILES string of the molecule is Cc1nc(-c2ccncc2)sc1C(=O)NCc1cccc(C=O)c1. The summed E-state index contributed by atoms with van der Waals surface area (Å²) in [5, 5.41) is 3.67. The Morgan fingerprint density at radius 1 is 1.25 bits per heavy atom. The van der Waals surface area contributed by atoms with E-state index in [0.29, 0.717) is 22.7 Å². The van der Waals surface area contributed by atoms with Crippen molar-refractivity contribution in [3.05, 3.63) is 70.5 Å². The highest BCUT2D eigenvalue weighted by Gasteiger charge is 2.16. The van der Waals surface area contributed by atoms with Gasteiger partial charge in [0.1, 0.15) is 16.2 Å². The average Bonchev–Trinajstić information content (AvgIpc) is 3.02. The van der Waals surface area contributed by atoms with Crippen molar-refractivity contribution in [2.24, 2.45) is 0 Å². The number of pyridine rings is 1. The summed E-state index contributed by atoms with van der Waals surface area (Å²) in [4.78, 5) is 32.3. The lowest BCUT2D eigenvalue weighted by Crippen LogP contribution is -2.22. The second kappa shape index (κ2) is 7.14. The van der Waals surface area contributed by atoms with Gasteiger partial charge in [-0.3, -0.25) is 14.6 Å². The molecule has 0 aliphatic heterocycles. The Kier molecular flexibility index (Phi) is 4.77. The number of aromatic nitrogens is 2. The number of nitrogens with one attached hydrogen (secondary N) is 1. The van der Waals surface area contributed by atoms with Gasteiger partial charge in [-0.2, -0.15) is 0 Å². The van der Waals surface area contributed by atoms with Crippen LogP contribution in [-0.2, 0) is 6.54 Å². The zero-order valence-electron chi connectivity index (χ0n) is 13.0. The summed E-state index contributed by atoms with van der Waals surface area (Å²) in [6, 6.07) is 10.9. The number of carbonyl (C=O) groups is 2. The van der Waals surface area contributed by atoms with E-state index in [0.717, 1.165) is 22.4 Å². The third-order valence-electron chi connectivity index (χ3n) is 3.47. The lowest BCUT2D eigenvalue weighted by Gasteiger charge is -2.04. The van der Waals surface area contributed by atoms with Gasteiger partial charge in [0.15, 0.2) is 0 Å². The molecule has 0 bridgehead atoms. The standard InChI is InChI=1S/C18H15N3O2S/c1-12-16(24-18(21-12)15-5-7-19-8-6-15)17(23)20-10-13-3-2-4-14(9-13)11-22/h2-9,11H,10H2,1H3,(H,20,23). The average molecular weight is 337 g/mol. The Morgan fingerprint density at radius 3 is 2.79 bits per heavy atom. The van der Waals surface area contributed by atoms with Gasteiger partial charge in [-0.15, -0.1) is 11.3 Å². The molecule has 0 saturated heterocycles. The Hall–Kier alpha value is -2.86. The maximum Gasteiger partial charge on any atom is 0.263 e. The number of hydrogen-bond donors (Lipinski definition) is 1. The first kappa shape index (κ1) is 16.0. The predicted molar refractivity (Wildman–Crippen MR) is 93.1 cm³/mol. The van der Waals surface area contributed by atoms with E-state index < -0.39 is 0 Å². The smallest absolute Gasteiger partial charge is 0.263 e. The zero-order valence-corrected chi connectivity index (χ0v) is 13.8. The third kappa shape index (κ3) is 3.55. The summed E-state index contributed by atoms with van der Waals surface area (Å²) in [5.41, 5.74) is 3.11. The number of rotatable bonds is 5. The van der Waals surface area contributed by atoms with E-state index in [9.17, 15) is 9.59 Å². The normalized spacial score (nSPS) is 10.4. The minimum atomic E-state index is -0.165. The predicted octanol–water partition coefficient (Wildman–Crippen LogP) is 3.26. The van der Waals surface area contributed by atoms with Crippen LogP contribution in [0.2, 0.25) is 0 Å². The van der Waals surface area contributed by atoms with Gasteiger partial charge in [0, 0.05) is 30.1 Å². The Bertz CT molecular complexity index is 875. The van der Waals surface area contributed by atoms with Crippen LogP contribution in [0.25, 0.3) is 10.6 Å². The van der Waals surface area contributed by atoms with Crippen LogP contribution in [-0.4, -0.2) is 22.2 Å². The summed E-state index contributed by atoms with van der Waals surface area (Å²) in [6.45, 7) is 2.19. The highest BCUT2D eigenvalue weighted by atomic mass is 32.1. The minimum absolute atomic E-state index is 0.165. The molecular formula is C18H15N3O2S. The quantitative estimate of drug-likeness (QED) is 0.725. The highest BCUT2D eigenvalue weighted by molar-refractivity contribution is 7.17. The fraction of sp³-hybridized carbons (Fsp3) is 0.111. The maximum absolute atomic E-state index is 12.4. The Balaban J connectivity index is 1.73. The van der Waals surface area contributed by atoms with Crippen LogP contribution >= 0.6 is 11.3 Å². The van der Waals surface area contributed by atoms with Crippen LogP contribution in [0.15, 0.2) is 48.8 Å². The first-order valence-electron chi connectivity index (χ1n) is 7.37. The lowest BCUT2D eigenvalue weighted by molar-refractivity contribution is 0.0954. The number of aryl methyl sites for hydroxylation is 1. The van der Waals surface area contributed by atoms with Gasteiger partial charge >= 0.3 is 0 Å². The van der Waals surface area contributed by atoms with Gasteiger partial charge in [0.05, 0.1) is 5.69 Å². The molecule has 0 radical (unpaired) electrons. The Labute approximate surface area is 143 Å². The van der Waals surface area contributed by atoms with Gasteiger partial charge < -0.3 is 5.32 Å². The summed E-state index contributed by atoms with van der Waals surface area (Å²) < 4.78 is 0. The highest BCUT2D eigenvalue weighted by Crippen LogP contribution is 2.27. The van der Waals surface area contributed by atoms with Gasteiger partial charge in [-0.05, 0) is 30.7 Å². The summed E-state index contributed by atoms with van der Waals surface area (Å²) >= 11 is 1.36. The molecule has 5 nitrogen and oxygen atoms in total. The molecule has 6 heteroatoms. The van der Waals surface area contributed by atoms with Crippen LogP contribution in [0.3, 0.4) is 0 Å². The second-order valence-corrected chi connectivity index (χ2v) is 6.21. The third-order valence-corrected chi connectivity index (χ3v) is 4.68. The molecule has 0 aliphatic rings. The van der Waals surface area contributed by atoms with Crippen LogP contribution < -0.4 is 5.32 Å². The second-order valence-electron chi connectivity index (χ2n) is 5.22. The first-order valence-corrected chi connectivity index (χ1v) is 8.19. The van der Waals surface area contributed by atoms with Gasteiger partial charge in [-0.1, -0.05) is 18.2 Å². The number of amides is 1. The molecule has 1 aromatic carbocycles. The van der Waals surface area contributed by atoms with Crippen LogP contribution in [0.1, 0.15) is 31.3 Å². The molecule has 2 heterocycles. The van der Waals surface area contributed by atoms with Crippen molar-refractivity contribution in [1.82, 2.24) is 15.3 Å². The monoisotopic (exact) mass is 337 g/mol. The van der Waals surface area contributed by atoms with Crippen molar-refractivity contribution in [3.63, 3.8) is 0 Å². The zero-order chi connectivity index (χ0) is 16.9. The van der Waals surface area contributed by atoms with E-state index in [-0.39, 0.29) is 5.91 Å². The van der Waals surface area contributed by atoms with Crippen LogP contribution in [0, 0.1) is 6.92 Å². The van der Waals surface area contributed by atoms with Crippen molar-refractivity contribution in [2.45, 2.75) is 13.5 Å². The minimum Gasteiger partial charge on any atom is -0.347 e. The molecule has 0 atom stereocenters. The molecule has 3 aromatic rings. The number of nitrogens with zero attached hydrogens (tertiary/aromatic N) is 2. The van der Waals surface area contributed by atoms with Crippen LogP contribution in [0.4, 0.5) is 0 Å². The molecule has 1 amide bonds.